The van der Waals surface area contributed by atoms with Gasteiger partial charge in [-0.05, 0) is 42.0 Å². The summed E-state index contributed by atoms with van der Waals surface area (Å²) in [5.74, 6) is -0.785. The summed E-state index contributed by atoms with van der Waals surface area (Å²) in [5.41, 5.74) is 2.80. The fourth-order valence-corrected chi connectivity index (χ4v) is 4.55. The Labute approximate surface area is 162 Å². The van der Waals surface area contributed by atoms with Crippen molar-refractivity contribution in [2.45, 2.75) is 4.90 Å². The van der Waals surface area contributed by atoms with E-state index in [1.54, 1.807) is 18.3 Å². The number of sulfone groups is 1. The summed E-state index contributed by atoms with van der Waals surface area (Å²) in [5, 5.41) is 0. The van der Waals surface area contributed by atoms with Crippen LogP contribution in [0.2, 0.25) is 0 Å². The molecule has 0 bridgehead atoms. The number of pyridine rings is 1. The second-order valence-corrected chi connectivity index (χ2v) is 9.29. The molecule has 0 unspecified atom stereocenters. The molecule has 0 aliphatic heterocycles. The maximum atomic E-state index is 14.3. The van der Waals surface area contributed by atoms with Crippen LogP contribution >= 0.6 is 31.9 Å². The van der Waals surface area contributed by atoms with Crippen molar-refractivity contribution in [3.8, 4) is 22.4 Å². The molecule has 128 valence electrons. The van der Waals surface area contributed by atoms with Gasteiger partial charge >= 0.3 is 0 Å². The maximum absolute atomic E-state index is 14.3. The molecule has 0 saturated heterocycles. The number of halogens is 3. The number of hydrogen-bond donors (Lipinski definition) is 0. The quantitative estimate of drug-likeness (QED) is 0.494. The van der Waals surface area contributed by atoms with Crippen molar-refractivity contribution >= 4 is 41.7 Å². The Balaban J connectivity index is 2.18. The molecular formula is C18H12Br2FNO2S. The maximum Gasteiger partial charge on any atom is 0.178 e. The number of benzene rings is 2. The van der Waals surface area contributed by atoms with E-state index in [1.807, 2.05) is 24.3 Å². The van der Waals surface area contributed by atoms with Crippen molar-refractivity contribution < 1.29 is 12.8 Å². The largest absolute Gasteiger partial charge is 0.256 e. The number of hydrogen-bond acceptors (Lipinski definition) is 3. The Morgan fingerprint density at radius 1 is 0.960 bits per heavy atom. The zero-order chi connectivity index (χ0) is 18.2. The Hall–Kier alpha value is -1.57. The van der Waals surface area contributed by atoms with Gasteiger partial charge in [0.15, 0.2) is 9.84 Å². The number of rotatable bonds is 3. The molecule has 3 aromatic rings. The van der Waals surface area contributed by atoms with Gasteiger partial charge in [0, 0.05) is 32.5 Å². The van der Waals surface area contributed by atoms with Gasteiger partial charge in [-0.2, -0.15) is 0 Å². The molecule has 0 aliphatic carbocycles. The van der Waals surface area contributed by atoms with Gasteiger partial charge in [0.05, 0.1) is 5.69 Å². The van der Waals surface area contributed by atoms with E-state index in [-0.39, 0.29) is 4.90 Å². The minimum Gasteiger partial charge on any atom is -0.256 e. The van der Waals surface area contributed by atoms with Crippen LogP contribution in [0, 0.1) is 5.82 Å². The smallest absolute Gasteiger partial charge is 0.178 e. The Morgan fingerprint density at radius 2 is 1.64 bits per heavy atom. The van der Waals surface area contributed by atoms with Crippen molar-refractivity contribution in [3.05, 3.63) is 69.5 Å². The van der Waals surface area contributed by atoms with E-state index in [1.165, 1.54) is 12.1 Å². The van der Waals surface area contributed by atoms with Gasteiger partial charge in [0.1, 0.15) is 10.7 Å². The highest BCUT2D eigenvalue weighted by atomic mass is 79.9. The summed E-state index contributed by atoms with van der Waals surface area (Å²) in [6.45, 7) is 0. The van der Waals surface area contributed by atoms with Gasteiger partial charge < -0.3 is 0 Å². The fraction of sp³-hybridized carbons (Fsp3) is 0.0556. The van der Waals surface area contributed by atoms with Crippen molar-refractivity contribution in [3.63, 3.8) is 0 Å². The van der Waals surface area contributed by atoms with E-state index in [2.05, 4.69) is 36.8 Å². The van der Waals surface area contributed by atoms with E-state index < -0.39 is 15.7 Å². The monoisotopic (exact) mass is 483 g/mol. The van der Waals surface area contributed by atoms with Gasteiger partial charge in [-0.25, -0.2) is 12.8 Å². The molecule has 0 radical (unpaired) electrons. The molecule has 0 fully saturated rings. The topological polar surface area (TPSA) is 47.0 Å². The molecule has 25 heavy (non-hydrogen) atoms. The lowest BCUT2D eigenvalue weighted by Gasteiger charge is -2.11. The molecule has 1 heterocycles. The molecule has 0 N–H and O–H groups in total. The minimum atomic E-state index is -3.61. The zero-order valence-corrected chi connectivity index (χ0v) is 17.0. The van der Waals surface area contributed by atoms with Gasteiger partial charge in [0.2, 0.25) is 0 Å². The average molecular weight is 485 g/mol. The standard InChI is InChI=1S/C18H12Br2FNO2S/c1-25(23,24)17-5-4-11(9-16(17)21)18-15(3-2-6-22-18)12-7-13(19)10-14(20)8-12/h2-10H,1H3. The SMILES string of the molecule is CS(=O)(=O)c1ccc(-c2ncccc2-c2cc(Br)cc(Br)c2)cc1F. The molecule has 7 heteroatoms. The molecule has 0 spiro atoms. The predicted octanol–water partition coefficient (Wildman–Crippen LogP) is 5.48. The molecule has 0 amide bonds. The lowest BCUT2D eigenvalue weighted by molar-refractivity contribution is 0.571. The van der Waals surface area contributed by atoms with Gasteiger partial charge in [0.25, 0.3) is 0 Å². The lowest BCUT2D eigenvalue weighted by atomic mass is 9.99. The first-order chi connectivity index (χ1) is 11.8. The van der Waals surface area contributed by atoms with Gasteiger partial charge in [-0.3, -0.25) is 4.98 Å². The van der Waals surface area contributed by atoms with Crippen LogP contribution in [0.4, 0.5) is 4.39 Å². The van der Waals surface area contributed by atoms with Crippen LogP contribution in [0.3, 0.4) is 0 Å². The Morgan fingerprint density at radius 3 is 2.24 bits per heavy atom. The predicted molar refractivity (Wildman–Crippen MR) is 104 cm³/mol. The third-order valence-electron chi connectivity index (χ3n) is 3.59. The molecular weight excluding hydrogens is 473 g/mol. The van der Waals surface area contributed by atoms with Crippen LogP contribution in [0.1, 0.15) is 0 Å². The van der Waals surface area contributed by atoms with Crippen LogP contribution in [0.5, 0.6) is 0 Å². The average Bonchev–Trinajstić information content (AvgIpc) is 2.52. The zero-order valence-electron chi connectivity index (χ0n) is 13.0. The number of nitrogens with zero attached hydrogens (tertiary/aromatic N) is 1. The lowest BCUT2D eigenvalue weighted by Crippen LogP contribution is -2.01. The van der Waals surface area contributed by atoms with Gasteiger partial charge in [-0.1, -0.05) is 44.0 Å². The summed E-state index contributed by atoms with van der Waals surface area (Å²) in [4.78, 5) is 4.05. The van der Waals surface area contributed by atoms with Crippen LogP contribution in [-0.2, 0) is 9.84 Å². The molecule has 0 saturated carbocycles. The molecule has 3 rings (SSSR count). The Bertz CT molecular complexity index is 1050. The van der Waals surface area contributed by atoms with Crippen LogP contribution in [-0.4, -0.2) is 19.7 Å². The van der Waals surface area contributed by atoms with Crippen molar-refractivity contribution in [2.24, 2.45) is 0 Å². The first-order valence-electron chi connectivity index (χ1n) is 7.17. The summed E-state index contributed by atoms with van der Waals surface area (Å²) < 4.78 is 39.3. The minimum absolute atomic E-state index is 0.320. The second-order valence-electron chi connectivity index (χ2n) is 5.48. The van der Waals surface area contributed by atoms with E-state index in [0.717, 1.165) is 26.3 Å². The van der Waals surface area contributed by atoms with Crippen LogP contribution in [0.25, 0.3) is 22.4 Å². The Kier molecular flexibility index (Phi) is 5.09. The van der Waals surface area contributed by atoms with E-state index in [4.69, 9.17) is 0 Å². The number of aromatic nitrogens is 1. The van der Waals surface area contributed by atoms with Crippen LogP contribution in [0.15, 0.2) is 68.6 Å². The van der Waals surface area contributed by atoms with Crippen molar-refractivity contribution in [1.29, 1.82) is 0 Å². The second kappa shape index (κ2) is 6.97. The highest BCUT2D eigenvalue weighted by Gasteiger charge is 2.16. The first-order valence-corrected chi connectivity index (χ1v) is 10.6. The molecule has 1 aromatic heterocycles. The fourth-order valence-electron chi connectivity index (χ4n) is 2.53. The van der Waals surface area contributed by atoms with Crippen molar-refractivity contribution in [2.75, 3.05) is 6.26 Å². The van der Waals surface area contributed by atoms with Gasteiger partial charge in [-0.15, -0.1) is 0 Å². The summed E-state index contributed by atoms with van der Waals surface area (Å²) in [6.07, 6.45) is 2.60. The molecule has 0 aliphatic rings. The third kappa shape index (κ3) is 3.99. The highest BCUT2D eigenvalue weighted by molar-refractivity contribution is 9.11. The van der Waals surface area contributed by atoms with E-state index >= 15 is 0 Å². The van der Waals surface area contributed by atoms with E-state index in [9.17, 15) is 12.8 Å². The summed E-state index contributed by atoms with van der Waals surface area (Å²) in [6, 6.07) is 13.5. The van der Waals surface area contributed by atoms with E-state index in [0.29, 0.717) is 11.3 Å². The highest BCUT2D eigenvalue weighted by Crippen LogP contribution is 2.34. The first kappa shape index (κ1) is 18.2. The van der Waals surface area contributed by atoms with Crippen LogP contribution < -0.4 is 0 Å². The third-order valence-corrected chi connectivity index (χ3v) is 5.63. The van der Waals surface area contributed by atoms with Crippen molar-refractivity contribution in [1.82, 2.24) is 4.98 Å². The summed E-state index contributed by atoms with van der Waals surface area (Å²) >= 11 is 6.91. The summed E-state index contributed by atoms with van der Waals surface area (Å²) in [7, 11) is -3.61. The molecule has 0 atom stereocenters. The normalized spacial score (nSPS) is 11.5. The molecule has 3 nitrogen and oxygen atoms in total. The molecule has 2 aromatic carbocycles.